The monoisotopic (exact) mass is 375 g/mol. The van der Waals surface area contributed by atoms with Gasteiger partial charge in [0.2, 0.25) is 5.91 Å². The van der Waals surface area contributed by atoms with Gasteiger partial charge in [0, 0.05) is 28.9 Å². The third kappa shape index (κ3) is 3.45. The van der Waals surface area contributed by atoms with Gasteiger partial charge in [-0.1, -0.05) is 30.3 Å². The molecule has 1 amide bonds. The zero-order valence-electron chi connectivity index (χ0n) is 13.4. The lowest BCUT2D eigenvalue weighted by Crippen LogP contribution is -2.36. The van der Waals surface area contributed by atoms with Crippen molar-refractivity contribution in [2.24, 2.45) is 0 Å². The summed E-state index contributed by atoms with van der Waals surface area (Å²) >= 11 is 1.49. The van der Waals surface area contributed by atoms with Crippen LogP contribution >= 0.6 is 11.3 Å². The molecule has 2 aromatic heterocycles. The smallest absolute Gasteiger partial charge is 0.226 e. The van der Waals surface area contributed by atoms with Crippen molar-refractivity contribution in [1.82, 2.24) is 14.7 Å². The van der Waals surface area contributed by atoms with Gasteiger partial charge in [-0.2, -0.15) is 0 Å². The normalized spacial score (nSPS) is 19.3. The zero-order chi connectivity index (χ0) is 17.4. The van der Waals surface area contributed by atoms with Crippen molar-refractivity contribution in [1.29, 1.82) is 0 Å². The molecule has 0 bridgehead atoms. The van der Waals surface area contributed by atoms with Crippen LogP contribution in [0.3, 0.4) is 0 Å². The topological polar surface area (TPSA) is 80.5 Å². The number of imidazole rings is 1. The molecule has 1 unspecified atom stereocenters. The molecule has 0 aliphatic carbocycles. The Morgan fingerprint density at radius 1 is 1.32 bits per heavy atom. The molecule has 1 N–H and O–H groups in total. The second-order valence-electron chi connectivity index (χ2n) is 6.22. The molecule has 1 aromatic carbocycles. The summed E-state index contributed by atoms with van der Waals surface area (Å²) in [6, 6.07) is 9.62. The Morgan fingerprint density at radius 2 is 2.12 bits per heavy atom. The molecule has 0 spiro atoms. The van der Waals surface area contributed by atoms with E-state index in [2.05, 4.69) is 10.3 Å². The highest BCUT2D eigenvalue weighted by Gasteiger charge is 2.29. The number of rotatable bonds is 4. The van der Waals surface area contributed by atoms with Gasteiger partial charge in [-0.05, 0) is 6.42 Å². The fraction of sp³-hybridized carbons (Fsp3) is 0.294. The van der Waals surface area contributed by atoms with Crippen molar-refractivity contribution < 1.29 is 13.2 Å². The molecule has 0 radical (unpaired) electrons. The van der Waals surface area contributed by atoms with Crippen LogP contribution < -0.4 is 5.32 Å². The largest absolute Gasteiger partial charge is 0.352 e. The van der Waals surface area contributed by atoms with E-state index in [9.17, 15) is 13.2 Å². The second kappa shape index (κ2) is 6.27. The molecule has 4 rings (SSSR count). The van der Waals surface area contributed by atoms with Crippen LogP contribution in [0.15, 0.2) is 41.9 Å². The van der Waals surface area contributed by atoms with Gasteiger partial charge >= 0.3 is 0 Å². The lowest BCUT2D eigenvalue weighted by Gasteiger charge is -2.10. The Balaban J connectivity index is 1.50. The molecule has 1 aliphatic heterocycles. The minimum absolute atomic E-state index is 0.0427. The van der Waals surface area contributed by atoms with Crippen molar-refractivity contribution in [3.05, 3.63) is 47.6 Å². The standard InChI is InChI=1S/C17H17N3O3S2/c21-16(18-13-6-7-25(22,23)11-13)8-14-10-24-17-19-15(9-20(14)17)12-4-2-1-3-5-12/h1-5,9-10,13H,6-8,11H2,(H,18,21). The third-order valence-corrected chi connectivity index (χ3v) is 6.95. The van der Waals surface area contributed by atoms with E-state index in [1.807, 2.05) is 46.3 Å². The van der Waals surface area contributed by atoms with Crippen molar-refractivity contribution in [2.45, 2.75) is 18.9 Å². The first kappa shape index (κ1) is 16.3. The molecule has 130 valence electrons. The SMILES string of the molecule is O=C(Cc1csc2nc(-c3ccccc3)cn12)NC1CCS(=O)(=O)C1. The van der Waals surface area contributed by atoms with E-state index < -0.39 is 9.84 Å². The highest BCUT2D eigenvalue weighted by Crippen LogP contribution is 2.23. The van der Waals surface area contributed by atoms with Gasteiger partial charge < -0.3 is 5.32 Å². The lowest BCUT2D eigenvalue weighted by molar-refractivity contribution is -0.121. The first-order chi connectivity index (χ1) is 12.0. The molecular formula is C17H17N3O3S2. The number of carbonyl (C=O) groups is 1. The molecule has 1 atom stereocenters. The number of nitrogens with zero attached hydrogens (tertiary/aromatic N) is 2. The van der Waals surface area contributed by atoms with Gasteiger partial charge in [-0.15, -0.1) is 11.3 Å². The summed E-state index contributed by atoms with van der Waals surface area (Å²) in [5.74, 6) is 0.0423. The van der Waals surface area contributed by atoms with E-state index in [1.54, 1.807) is 0 Å². The molecule has 1 fully saturated rings. The summed E-state index contributed by atoms with van der Waals surface area (Å²) in [5, 5.41) is 4.75. The summed E-state index contributed by atoms with van der Waals surface area (Å²) in [7, 11) is -2.99. The van der Waals surface area contributed by atoms with Crippen LogP contribution in [0.2, 0.25) is 0 Å². The van der Waals surface area contributed by atoms with E-state index in [-0.39, 0.29) is 29.9 Å². The molecule has 1 aliphatic rings. The fourth-order valence-electron chi connectivity index (χ4n) is 3.06. The molecule has 3 heterocycles. The van der Waals surface area contributed by atoms with E-state index in [4.69, 9.17) is 0 Å². The predicted octanol–water partition coefficient (Wildman–Crippen LogP) is 1.91. The van der Waals surface area contributed by atoms with Crippen molar-refractivity contribution in [3.63, 3.8) is 0 Å². The van der Waals surface area contributed by atoms with Crippen molar-refractivity contribution in [2.75, 3.05) is 11.5 Å². The molecule has 25 heavy (non-hydrogen) atoms. The van der Waals surface area contributed by atoms with Crippen LogP contribution in [-0.2, 0) is 21.1 Å². The Bertz CT molecular complexity index is 1020. The Hall–Kier alpha value is -2.19. The van der Waals surface area contributed by atoms with Crippen molar-refractivity contribution in [3.8, 4) is 11.3 Å². The maximum atomic E-state index is 12.3. The lowest BCUT2D eigenvalue weighted by atomic mass is 10.2. The van der Waals surface area contributed by atoms with Crippen LogP contribution in [0.25, 0.3) is 16.2 Å². The summed E-state index contributed by atoms with van der Waals surface area (Å²) in [6.45, 7) is 0. The maximum Gasteiger partial charge on any atom is 0.226 e. The number of sulfone groups is 1. The van der Waals surface area contributed by atoms with Gasteiger partial charge in [0.25, 0.3) is 0 Å². The molecule has 1 saturated heterocycles. The minimum atomic E-state index is -2.99. The summed E-state index contributed by atoms with van der Waals surface area (Å²) < 4.78 is 24.9. The van der Waals surface area contributed by atoms with E-state index in [0.29, 0.717) is 6.42 Å². The maximum absolute atomic E-state index is 12.3. The van der Waals surface area contributed by atoms with Gasteiger partial charge in [0.1, 0.15) is 0 Å². The van der Waals surface area contributed by atoms with Crippen LogP contribution in [0.1, 0.15) is 12.1 Å². The Labute approximate surface area is 149 Å². The minimum Gasteiger partial charge on any atom is -0.352 e. The van der Waals surface area contributed by atoms with Crippen LogP contribution in [-0.4, -0.2) is 41.3 Å². The number of nitrogens with one attached hydrogen (secondary N) is 1. The zero-order valence-corrected chi connectivity index (χ0v) is 15.0. The van der Waals surface area contributed by atoms with Gasteiger partial charge in [0.15, 0.2) is 14.8 Å². The van der Waals surface area contributed by atoms with Crippen LogP contribution in [0.5, 0.6) is 0 Å². The van der Waals surface area contributed by atoms with Crippen LogP contribution in [0, 0.1) is 0 Å². The quantitative estimate of drug-likeness (QED) is 0.755. The number of carbonyl (C=O) groups excluding carboxylic acids is 1. The summed E-state index contributed by atoms with van der Waals surface area (Å²) in [6.07, 6.45) is 2.64. The molecule has 6 nitrogen and oxygen atoms in total. The fourth-order valence-corrected chi connectivity index (χ4v) is 5.60. The summed E-state index contributed by atoms with van der Waals surface area (Å²) in [4.78, 5) is 17.7. The van der Waals surface area contributed by atoms with E-state index >= 15 is 0 Å². The van der Waals surface area contributed by atoms with Crippen LogP contribution in [0.4, 0.5) is 0 Å². The molecule has 0 saturated carbocycles. The number of hydrogen-bond acceptors (Lipinski definition) is 5. The Morgan fingerprint density at radius 3 is 2.84 bits per heavy atom. The highest BCUT2D eigenvalue weighted by atomic mass is 32.2. The van der Waals surface area contributed by atoms with Gasteiger partial charge in [-0.3, -0.25) is 9.20 Å². The van der Waals surface area contributed by atoms with Gasteiger partial charge in [0.05, 0.1) is 23.6 Å². The van der Waals surface area contributed by atoms with E-state index in [1.165, 1.54) is 11.3 Å². The number of hydrogen-bond donors (Lipinski definition) is 1. The summed E-state index contributed by atoms with van der Waals surface area (Å²) in [5.41, 5.74) is 2.76. The number of amides is 1. The number of fused-ring (bicyclic) bond motifs is 1. The average molecular weight is 375 g/mol. The van der Waals surface area contributed by atoms with E-state index in [0.717, 1.165) is 21.9 Å². The highest BCUT2D eigenvalue weighted by molar-refractivity contribution is 7.91. The molecule has 3 aromatic rings. The number of benzene rings is 1. The predicted molar refractivity (Wildman–Crippen MR) is 97.4 cm³/mol. The number of thiazole rings is 1. The Kier molecular flexibility index (Phi) is 4.09. The first-order valence-electron chi connectivity index (χ1n) is 8.01. The first-order valence-corrected chi connectivity index (χ1v) is 10.7. The molecule has 8 heteroatoms. The average Bonchev–Trinajstić information content (AvgIpc) is 3.24. The van der Waals surface area contributed by atoms with Crippen molar-refractivity contribution >= 4 is 32.0 Å². The second-order valence-corrected chi connectivity index (χ2v) is 9.28. The molecular weight excluding hydrogens is 358 g/mol. The number of aromatic nitrogens is 2. The third-order valence-electron chi connectivity index (χ3n) is 4.29. The van der Waals surface area contributed by atoms with Gasteiger partial charge in [-0.25, -0.2) is 13.4 Å².